The second-order valence-electron chi connectivity index (χ2n) is 2.21. The molecule has 0 radical (unpaired) electrons. The summed E-state index contributed by atoms with van der Waals surface area (Å²) in [6, 6.07) is 0. The van der Waals surface area contributed by atoms with Gasteiger partial charge in [0.2, 0.25) is 0 Å². The first-order valence-corrected chi connectivity index (χ1v) is 4.24. The van der Waals surface area contributed by atoms with E-state index in [2.05, 4.69) is 22.5 Å². The van der Waals surface area contributed by atoms with Gasteiger partial charge in [0.25, 0.3) is 10.2 Å². The molecule has 0 heterocycles. The molecule has 0 aromatic carbocycles. The average molecular weight is 170 g/mol. The van der Waals surface area contributed by atoms with Crippen LogP contribution in [-0.2, 0) is 10.2 Å². The van der Waals surface area contributed by atoms with Crippen molar-refractivity contribution >= 4 is 22.8 Å². The maximum absolute atomic E-state index is 10.3. The zero-order valence-corrected chi connectivity index (χ0v) is 6.96. The molecule has 6 heteroatoms. The van der Waals surface area contributed by atoms with Crippen molar-refractivity contribution in [1.82, 2.24) is 4.72 Å². The number of nitrogens with one attached hydrogen (secondary N) is 1. The Bertz CT molecular complexity index is 178. The molecule has 0 spiro atoms. The van der Waals surface area contributed by atoms with Crippen LogP contribution >= 0.6 is 12.6 Å². The summed E-state index contributed by atoms with van der Waals surface area (Å²) in [5, 5.41) is 4.63. The first-order chi connectivity index (χ1) is 3.71. The van der Waals surface area contributed by atoms with E-state index in [4.69, 9.17) is 0 Å². The maximum Gasteiger partial charge on any atom is 0.275 e. The van der Waals surface area contributed by atoms with Crippen molar-refractivity contribution in [3.05, 3.63) is 0 Å². The van der Waals surface area contributed by atoms with Gasteiger partial charge in [-0.3, -0.25) is 0 Å². The predicted octanol–water partition coefficient (Wildman–Crippen LogP) is -0.555. The Hall–Kier alpha value is 0.220. The molecule has 0 atom stereocenters. The Morgan fingerprint density at radius 3 is 1.89 bits per heavy atom. The minimum atomic E-state index is -3.61. The molecule has 0 aliphatic rings. The van der Waals surface area contributed by atoms with E-state index in [0.29, 0.717) is 0 Å². The smallest absolute Gasteiger partial charge is 0.216 e. The molecule has 0 aromatic heterocycles. The maximum atomic E-state index is 10.3. The Kier molecular flexibility index (Phi) is 2.51. The van der Waals surface area contributed by atoms with Crippen LogP contribution in [0.5, 0.6) is 0 Å². The zero-order valence-electron chi connectivity index (χ0n) is 5.25. The highest BCUT2D eigenvalue weighted by Gasteiger charge is 2.16. The molecule has 0 aliphatic carbocycles. The highest BCUT2D eigenvalue weighted by molar-refractivity contribution is 7.89. The summed E-state index contributed by atoms with van der Waals surface area (Å²) >= 11 is 3.88. The molecule has 0 saturated heterocycles. The van der Waals surface area contributed by atoms with E-state index in [-0.39, 0.29) is 0 Å². The Morgan fingerprint density at radius 2 is 1.89 bits per heavy atom. The summed E-state index contributed by atoms with van der Waals surface area (Å²) in [5.74, 6) is 0. The lowest BCUT2D eigenvalue weighted by Crippen LogP contribution is -2.42. The van der Waals surface area contributed by atoms with Gasteiger partial charge in [-0.15, -0.1) is 0 Å². The zero-order chi connectivity index (χ0) is 7.71. The first kappa shape index (κ1) is 9.22. The highest BCUT2D eigenvalue weighted by atomic mass is 32.2. The summed E-state index contributed by atoms with van der Waals surface area (Å²) < 4.78 is 22.6. The fourth-order valence-corrected chi connectivity index (χ4v) is 1.43. The average Bonchev–Trinajstić information content (AvgIpc) is 1.14. The van der Waals surface area contributed by atoms with Gasteiger partial charge in [-0.1, -0.05) is 0 Å². The second kappa shape index (κ2) is 2.45. The molecular formula is C3H10N2O2S2. The van der Waals surface area contributed by atoms with Crippen molar-refractivity contribution in [2.45, 2.75) is 18.7 Å². The van der Waals surface area contributed by atoms with Gasteiger partial charge in [0.05, 0.1) is 4.87 Å². The summed E-state index contributed by atoms with van der Waals surface area (Å²) in [4.78, 5) is -0.784. The lowest BCUT2D eigenvalue weighted by atomic mass is 10.4. The Labute approximate surface area is 60.4 Å². The van der Waals surface area contributed by atoms with E-state index >= 15 is 0 Å². The molecule has 0 aromatic rings. The molecule has 0 aliphatic heterocycles. The fraction of sp³-hybridized carbons (Fsp3) is 1.00. The van der Waals surface area contributed by atoms with E-state index in [0.717, 1.165) is 0 Å². The first-order valence-electron chi connectivity index (χ1n) is 2.25. The SMILES string of the molecule is CC(C)(S)NS(N)(=O)=O. The lowest BCUT2D eigenvalue weighted by molar-refractivity contribution is 0.562. The van der Waals surface area contributed by atoms with Gasteiger partial charge in [0.15, 0.2) is 0 Å². The summed E-state index contributed by atoms with van der Waals surface area (Å²) in [6.07, 6.45) is 0. The van der Waals surface area contributed by atoms with Crippen LogP contribution in [0.25, 0.3) is 0 Å². The third-order valence-corrected chi connectivity index (χ3v) is 1.45. The van der Waals surface area contributed by atoms with Gasteiger partial charge < -0.3 is 0 Å². The van der Waals surface area contributed by atoms with Crippen LogP contribution < -0.4 is 9.86 Å². The minimum Gasteiger partial charge on any atom is -0.216 e. The van der Waals surface area contributed by atoms with Crippen LogP contribution in [0, 0.1) is 0 Å². The van der Waals surface area contributed by atoms with Crippen molar-refractivity contribution < 1.29 is 8.42 Å². The van der Waals surface area contributed by atoms with Crippen molar-refractivity contribution in [1.29, 1.82) is 0 Å². The van der Waals surface area contributed by atoms with E-state index in [9.17, 15) is 8.42 Å². The number of nitrogens with two attached hydrogens (primary N) is 1. The lowest BCUT2D eigenvalue weighted by Gasteiger charge is -2.16. The number of hydrogen-bond donors (Lipinski definition) is 3. The Balaban J connectivity index is 4.07. The quantitative estimate of drug-likeness (QED) is 0.384. The van der Waals surface area contributed by atoms with Gasteiger partial charge in [-0.2, -0.15) is 25.8 Å². The molecule has 0 unspecified atom stereocenters. The van der Waals surface area contributed by atoms with Crippen LogP contribution in [0.3, 0.4) is 0 Å². The van der Waals surface area contributed by atoms with Crippen molar-refractivity contribution in [2.75, 3.05) is 0 Å². The number of rotatable bonds is 2. The van der Waals surface area contributed by atoms with Crippen LogP contribution in [-0.4, -0.2) is 13.3 Å². The predicted molar refractivity (Wildman–Crippen MR) is 39.3 cm³/mol. The third kappa shape index (κ3) is 8.22. The third-order valence-electron chi connectivity index (χ3n) is 0.392. The largest absolute Gasteiger partial charge is 0.275 e. The summed E-state index contributed by atoms with van der Waals surface area (Å²) in [6.45, 7) is 3.17. The molecule has 4 nitrogen and oxygen atoms in total. The standard InChI is InChI=1S/C3H10N2O2S2/c1-3(2,8)5-9(4,6)7/h5,8H,1-2H3,(H2,4,6,7). The van der Waals surface area contributed by atoms with E-state index in [1.165, 1.54) is 0 Å². The normalized spacial score (nSPS) is 13.8. The van der Waals surface area contributed by atoms with Gasteiger partial charge in [0.1, 0.15) is 0 Å². The summed E-state index contributed by atoms with van der Waals surface area (Å²) in [7, 11) is -3.61. The van der Waals surface area contributed by atoms with Crippen LogP contribution in [0.15, 0.2) is 0 Å². The molecule has 0 rings (SSSR count). The van der Waals surface area contributed by atoms with Crippen LogP contribution in [0.4, 0.5) is 0 Å². The summed E-state index contributed by atoms with van der Waals surface area (Å²) in [5.41, 5.74) is 0. The molecule has 0 amide bonds. The van der Waals surface area contributed by atoms with Crippen LogP contribution in [0.1, 0.15) is 13.8 Å². The van der Waals surface area contributed by atoms with Crippen molar-refractivity contribution in [3.63, 3.8) is 0 Å². The van der Waals surface area contributed by atoms with Gasteiger partial charge in [-0.05, 0) is 13.8 Å². The number of thiol groups is 1. The topological polar surface area (TPSA) is 72.2 Å². The van der Waals surface area contributed by atoms with Gasteiger partial charge >= 0.3 is 0 Å². The van der Waals surface area contributed by atoms with E-state index in [1.807, 2.05) is 0 Å². The van der Waals surface area contributed by atoms with Crippen molar-refractivity contribution in [2.24, 2.45) is 5.14 Å². The molecule has 3 N–H and O–H groups in total. The van der Waals surface area contributed by atoms with E-state index < -0.39 is 15.1 Å². The molecule has 0 bridgehead atoms. The minimum absolute atomic E-state index is 0.784. The van der Waals surface area contributed by atoms with E-state index in [1.54, 1.807) is 13.8 Å². The van der Waals surface area contributed by atoms with Gasteiger partial charge in [-0.25, -0.2) is 5.14 Å². The second-order valence-corrected chi connectivity index (χ2v) is 4.62. The number of hydrogen-bond acceptors (Lipinski definition) is 3. The van der Waals surface area contributed by atoms with Crippen LogP contribution in [0.2, 0.25) is 0 Å². The highest BCUT2D eigenvalue weighted by Crippen LogP contribution is 2.06. The molecule has 0 saturated carbocycles. The molecule has 9 heavy (non-hydrogen) atoms. The Morgan fingerprint density at radius 1 is 1.56 bits per heavy atom. The van der Waals surface area contributed by atoms with Gasteiger partial charge in [0, 0.05) is 0 Å². The molecule has 0 fully saturated rings. The molecule has 56 valence electrons. The molecular weight excluding hydrogens is 160 g/mol. The van der Waals surface area contributed by atoms with Crippen molar-refractivity contribution in [3.8, 4) is 0 Å². The fourth-order valence-electron chi connectivity index (χ4n) is 0.348. The monoisotopic (exact) mass is 170 g/mol.